The normalized spacial score (nSPS) is 27.5. The van der Waals surface area contributed by atoms with E-state index in [1.807, 2.05) is 30.3 Å². The van der Waals surface area contributed by atoms with E-state index in [0.29, 0.717) is 24.8 Å². The number of piperidine rings is 1. The monoisotopic (exact) mass is 229 g/mol. The number of nitrogens with zero attached hydrogens (tertiary/aromatic N) is 1. The molecule has 0 aromatic heterocycles. The van der Waals surface area contributed by atoms with E-state index in [-0.39, 0.29) is 0 Å². The molecule has 2 heteroatoms. The molecule has 2 bridgehead atoms. The smallest absolute Gasteiger partial charge is 0.151 e. The van der Waals surface area contributed by atoms with Crippen LogP contribution in [-0.4, -0.2) is 29.8 Å². The molecule has 2 nitrogen and oxygen atoms in total. The maximum Gasteiger partial charge on any atom is 0.151 e. The molecule has 2 aliphatic rings. The van der Waals surface area contributed by atoms with Gasteiger partial charge in [-0.05, 0) is 30.7 Å². The van der Waals surface area contributed by atoms with Crippen LogP contribution in [0, 0.1) is 5.92 Å². The van der Waals surface area contributed by atoms with E-state index in [0.717, 1.165) is 18.0 Å². The number of Topliss-reactive ketones (excluding diaryl/α,β-unsaturated/α-hetero) is 1. The zero-order valence-corrected chi connectivity index (χ0v) is 10.1. The molecule has 2 fully saturated rings. The number of rotatable bonds is 4. The number of hydrogen-bond acceptors (Lipinski definition) is 2. The summed E-state index contributed by atoms with van der Waals surface area (Å²) in [5.74, 6) is 1.24. The van der Waals surface area contributed by atoms with Crippen LogP contribution in [0.3, 0.4) is 0 Å². The van der Waals surface area contributed by atoms with Gasteiger partial charge in [0.05, 0.1) is 6.54 Å². The summed E-state index contributed by atoms with van der Waals surface area (Å²) in [5, 5.41) is 0. The Morgan fingerprint density at radius 1 is 1.24 bits per heavy atom. The SMILES string of the molecule is O=C(Cc1ccccc1)CN1CC2CCC1C2. The summed E-state index contributed by atoms with van der Waals surface area (Å²) in [7, 11) is 0. The number of ketones is 1. The molecule has 0 spiro atoms. The van der Waals surface area contributed by atoms with Gasteiger partial charge in [0, 0.05) is 19.0 Å². The minimum atomic E-state index is 0.365. The molecule has 1 aliphatic heterocycles. The maximum absolute atomic E-state index is 12.0. The molecule has 1 aromatic rings. The predicted octanol–water partition coefficient (Wildman–Crippen LogP) is 2.28. The van der Waals surface area contributed by atoms with Gasteiger partial charge >= 0.3 is 0 Å². The van der Waals surface area contributed by atoms with Gasteiger partial charge in [0.25, 0.3) is 0 Å². The van der Waals surface area contributed by atoms with Crippen LogP contribution in [0.4, 0.5) is 0 Å². The quantitative estimate of drug-likeness (QED) is 0.789. The van der Waals surface area contributed by atoms with E-state index < -0.39 is 0 Å². The van der Waals surface area contributed by atoms with Gasteiger partial charge in [0.1, 0.15) is 0 Å². The molecule has 1 heterocycles. The zero-order chi connectivity index (χ0) is 11.7. The fourth-order valence-corrected chi connectivity index (χ4v) is 3.33. The average Bonchev–Trinajstić information content (AvgIpc) is 2.92. The van der Waals surface area contributed by atoms with Crippen LogP contribution in [0.5, 0.6) is 0 Å². The van der Waals surface area contributed by atoms with Gasteiger partial charge < -0.3 is 0 Å². The number of benzene rings is 1. The van der Waals surface area contributed by atoms with E-state index in [9.17, 15) is 4.79 Å². The molecule has 1 saturated carbocycles. The van der Waals surface area contributed by atoms with Gasteiger partial charge in [-0.3, -0.25) is 9.69 Å². The molecule has 2 unspecified atom stereocenters. The van der Waals surface area contributed by atoms with E-state index in [1.54, 1.807) is 0 Å². The molecule has 1 aromatic carbocycles. The second kappa shape index (κ2) is 4.61. The molecule has 0 amide bonds. The molecule has 0 N–H and O–H groups in total. The third kappa shape index (κ3) is 2.42. The fraction of sp³-hybridized carbons (Fsp3) is 0.533. The van der Waals surface area contributed by atoms with Crippen LogP contribution < -0.4 is 0 Å². The first-order valence-electron chi connectivity index (χ1n) is 6.61. The van der Waals surface area contributed by atoms with Crippen LogP contribution in [0.1, 0.15) is 24.8 Å². The molecule has 3 rings (SSSR count). The number of hydrogen-bond donors (Lipinski definition) is 0. The summed E-state index contributed by atoms with van der Waals surface area (Å²) >= 11 is 0. The van der Waals surface area contributed by atoms with E-state index in [1.165, 1.54) is 19.3 Å². The summed E-state index contributed by atoms with van der Waals surface area (Å²) in [4.78, 5) is 14.4. The third-order valence-electron chi connectivity index (χ3n) is 4.15. The van der Waals surface area contributed by atoms with Crippen molar-refractivity contribution in [3.8, 4) is 0 Å². The number of likely N-dealkylation sites (tertiary alicyclic amines) is 1. The van der Waals surface area contributed by atoms with Crippen molar-refractivity contribution in [2.45, 2.75) is 31.7 Å². The Labute approximate surface area is 103 Å². The van der Waals surface area contributed by atoms with Crippen molar-refractivity contribution in [2.75, 3.05) is 13.1 Å². The Morgan fingerprint density at radius 2 is 2.06 bits per heavy atom. The first kappa shape index (κ1) is 11.0. The molecule has 1 aliphatic carbocycles. The second-order valence-corrected chi connectivity index (χ2v) is 5.46. The summed E-state index contributed by atoms with van der Waals surface area (Å²) in [6.45, 7) is 1.82. The van der Waals surface area contributed by atoms with Gasteiger partial charge in [-0.25, -0.2) is 0 Å². The van der Waals surface area contributed by atoms with Gasteiger partial charge in [0.15, 0.2) is 5.78 Å². The van der Waals surface area contributed by atoms with Crippen molar-refractivity contribution in [3.63, 3.8) is 0 Å². The Kier molecular flexibility index (Phi) is 2.98. The van der Waals surface area contributed by atoms with Gasteiger partial charge in [-0.15, -0.1) is 0 Å². The lowest BCUT2D eigenvalue weighted by atomic mass is 10.1. The summed E-state index contributed by atoms with van der Waals surface area (Å²) < 4.78 is 0. The maximum atomic E-state index is 12.0. The number of carbonyl (C=O) groups excluding carboxylic acids is 1. The standard InChI is InChI=1S/C15H19NO/c17-15(9-12-4-2-1-3-5-12)11-16-10-13-6-7-14(16)8-13/h1-5,13-14H,6-11H2. The van der Waals surface area contributed by atoms with E-state index in [4.69, 9.17) is 0 Å². The highest BCUT2D eigenvalue weighted by Crippen LogP contribution is 2.36. The van der Waals surface area contributed by atoms with Crippen molar-refractivity contribution in [1.82, 2.24) is 4.90 Å². The van der Waals surface area contributed by atoms with Crippen molar-refractivity contribution in [1.29, 1.82) is 0 Å². The largest absolute Gasteiger partial charge is 0.298 e. The highest BCUT2D eigenvalue weighted by atomic mass is 16.1. The van der Waals surface area contributed by atoms with E-state index in [2.05, 4.69) is 4.90 Å². The van der Waals surface area contributed by atoms with E-state index >= 15 is 0 Å². The highest BCUT2D eigenvalue weighted by molar-refractivity contribution is 5.82. The van der Waals surface area contributed by atoms with Crippen molar-refractivity contribution >= 4 is 5.78 Å². The molecular formula is C15H19NO. The highest BCUT2D eigenvalue weighted by Gasteiger charge is 2.38. The predicted molar refractivity (Wildman–Crippen MR) is 67.9 cm³/mol. The molecule has 0 radical (unpaired) electrons. The Morgan fingerprint density at radius 3 is 2.71 bits per heavy atom. The van der Waals surface area contributed by atoms with Gasteiger partial charge in [-0.2, -0.15) is 0 Å². The fourth-order valence-electron chi connectivity index (χ4n) is 3.33. The molecule has 90 valence electrons. The molecule has 1 saturated heterocycles. The van der Waals surface area contributed by atoms with Crippen LogP contribution >= 0.6 is 0 Å². The minimum Gasteiger partial charge on any atom is -0.298 e. The lowest BCUT2D eigenvalue weighted by Gasteiger charge is -2.25. The van der Waals surface area contributed by atoms with Crippen molar-refractivity contribution in [2.24, 2.45) is 5.92 Å². The lowest BCUT2D eigenvalue weighted by molar-refractivity contribution is -0.119. The number of carbonyl (C=O) groups is 1. The Balaban J connectivity index is 1.54. The molecular weight excluding hydrogens is 210 g/mol. The summed E-state index contributed by atoms with van der Waals surface area (Å²) in [6, 6.07) is 10.8. The lowest BCUT2D eigenvalue weighted by Crippen LogP contribution is -2.36. The third-order valence-corrected chi connectivity index (χ3v) is 4.15. The van der Waals surface area contributed by atoms with Crippen LogP contribution in [0.25, 0.3) is 0 Å². The average molecular weight is 229 g/mol. The second-order valence-electron chi connectivity index (χ2n) is 5.46. The topological polar surface area (TPSA) is 20.3 Å². The Bertz CT molecular complexity index is 401. The minimum absolute atomic E-state index is 0.365. The first-order chi connectivity index (χ1) is 8.31. The van der Waals surface area contributed by atoms with Crippen molar-refractivity contribution < 1.29 is 4.79 Å². The van der Waals surface area contributed by atoms with Crippen LogP contribution in [0.15, 0.2) is 30.3 Å². The van der Waals surface area contributed by atoms with Crippen LogP contribution in [-0.2, 0) is 11.2 Å². The van der Waals surface area contributed by atoms with Gasteiger partial charge in [-0.1, -0.05) is 30.3 Å². The van der Waals surface area contributed by atoms with Crippen molar-refractivity contribution in [3.05, 3.63) is 35.9 Å². The number of fused-ring (bicyclic) bond motifs is 2. The Hall–Kier alpha value is -1.15. The summed E-state index contributed by atoms with van der Waals surface area (Å²) in [6.07, 6.45) is 4.62. The molecule has 2 atom stereocenters. The first-order valence-corrected chi connectivity index (χ1v) is 6.61. The van der Waals surface area contributed by atoms with Gasteiger partial charge in [0.2, 0.25) is 0 Å². The van der Waals surface area contributed by atoms with Crippen LogP contribution in [0.2, 0.25) is 0 Å². The molecule has 17 heavy (non-hydrogen) atoms. The summed E-state index contributed by atoms with van der Waals surface area (Å²) in [5.41, 5.74) is 1.14. The zero-order valence-electron chi connectivity index (χ0n) is 10.1.